The van der Waals surface area contributed by atoms with E-state index in [1.165, 1.54) is 18.2 Å². The molecular weight excluding hydrogens is 273 g/mol. The van der Waals surface area contributed by atoms with Crippen molar-refractivity contribution in [1.29, 1.82) is 0 Å². The van der Waals surface area contributed by atoms with E-state index in [1.54, 1.807) is 30.3 Å². The molecule has 0 radical (unpaired) electrons. The second kappa shape index (κ2) is 5.20. The van der Waals surface area contributed by atoms with Crippen molar-refractivity contribution in [2.45, 2.75) is 0 Å². The molecule has 0 atom stereocenters. The molecule has 0 aliphatic heterocycles. The van der Waals surface area contributed by atoms with Crippen molar-refractivity contribution in [3.63, 3.8) is 0 Å². The minimum absolute atomic E-state index is 0.122. The van der Waals surface area contributed by atoms with Gasteiger partial charge in [-0.3, -0.25) is 9.59 Å². The van der Waals surface area contributed by atoms with Crippen LogP contribution in [-0.4, -0.2) is 5.91 Å². The summed E-state index contributed by atoms with van der Waals surface area (Å²) in [7, 11) is 0. The molecule has 0 aliphatic carbocycles. The number of fused-ring (bicyclic) bond motifs is 1. The molecule has 0 unspecified atom stereocenters. The van der Waals surface area contributed by atoms with E-state index in [4.69, 9.17) is 4.42 Å². The van der Waals surface area contributed by atoms with Crippen LogP contribution >= 0.6 is 0 Å². The maximum Gasteiger partial charge on any atom is 0.291 e. The standard InChI is InChI=1S/C16H10FNO3/c17-10-4-3-5-11(8-10)18-16(20)15-9-13(19)12-6-1-2-7-14(12)21-15/h1-9H,(H,18,20). The Hall–Kier alpha value is -2.95. The first kappa shape index (κ1) is 13.1. The molecule has 1 N–H and O–H groups in total. The summed E-state index contributed by atoms with van der Waals surface area (Å²) in [6.07, 6.45) is 0. The quantitative estimate of drug-likeness (QED) is 0.785. The fourth-order valence-corrected chi connectivity index (χ4v) is 1.97. The van der Waals surface area contributed by atoms with Crippen molar-refractivity contribution in [2.75, 3.05) is 5.32 Å². The van der Waals surface area contributed by atoms with Crippen molar-refractivity contribution in [2.24, 2.45) is 0 Å². The van der Waals surface area contributed by atoms with Crippen LogP contribution in [0.15, 0.2) is 63.8 Å². The molecule has 1 heterocycles. The fourth-order valence-electron chi connectivity index (χ4n) is 1.97. The third kappa shape index (κ3) is 2.67. The van der Waals surface area contributed by atoms with Gasteiger partial charge in [-0.1, -0.05) is 18.2 Å². The summed E-state index contributed by atoms with van der Waals surface area (Å²) < 4.78 is 18.5. The van der Waals surface area contributed by atoms with Gasteiger partial charge in [0.25, 0.3) is 5.91 Å². The van der Waals surface area contributed by atoms with Gasteiger partial charge in [-0.15, -0.1) is 0 Å². The average molecular weight is 283 g/mol. The predicted octanol–water partition coefficient (Wildman–Crippen LogP) is 3.18. The topological polar surface area (TPSA) is 59.3 Å². The Morgan fingerprint density at radius 3 is 2.67 bits per heavy atom. The van der Waals surface area contributed by atoms with E-state index < -0.39 is 11.7 Å². The first-order chi connectivity index (χ1) is 10.1. The molecule has 0 fully saturated rings. The minimum Gasteiger partial charge on any atom is -0.451 e. The second-order valence-corrected chi connectivity index (χ2v) is 4.44. The van der Waals surface area contributed by atoms with Crippen LogP contribution in [0.3, 0.4) is 0 Å². The number of anilines is 1. The third-order valence-corrected chi connectivity index (χ3v) is 2.94. The van der Waals surface area contributed by atoms with Crippen LogP contribution in [0.5, 0.6) is 0 Å². The molecule has 0 aliphatic rings. The lowest BCUT2D eigenvalue weighted by Crippen LogP contribution is -2.15. The van der Waals surface area contributed by atoms with Gasteiger partial charge in [0.2, 0.25) is 0 Å². The monoisotopic (exact) mass is 283 g/mol. The van der Waals surface area contributed by atoms with E-state index >= 15 is 0 Å². The highest BCUT2D eigenvalue weighted by Gasteiger charge is 2.12. The van der Waals surface area contributed by atoms with Crippen molar-refractivity contribution >= 4 is 22.6 Å². The van der Waals surface area contributed by atoms with E-state index in [0.29, 0.717) is 11.0 Å². The number of rotatable bonds is 2. The largest absolute Gasteiger partial charge is 0.451 e. The van der Waals surface area contributed by atoms with Gasteiger partial charge in [-0.2, -0.15) is 0 Å². The highest BCUT2D eigenvalue weighted by atomic mass is 19.1. The zero-order valence-corrected chi connectivity index (χ0v) is 10.8. The van der Waals surface area contributed by atoms with Gasteiger partial charge in [-0.25, -0.2) is 4.39 Å². The molecule has 0 spiro atoms. The summed E-state index contributed by atoms with van der Waals surface area (Å²) in [5.41, 5.74) is 0.312. The molecule has 0 saturated heterocycles. The van der Waals surface area contributed by atoms with Crippen molar-refractivity contribution in [3.8, 4) is 0 Å². The minimum atomic E-state index is -0.608. The molecule has 21 heavy (non-hydrogen) atoms. The van der Waals surface area contributed by atoms with Crippen LogP contribution in [-0.2, 0) is 0 Å². The molecule has 3 aromatic rings. The van der Waals surface area contributed by atoms with Crippen LogP contribution in [0.4, 0.5) is 10.1 Å². The van der Waals surface area contributed by atoms with Crippen LogP contribution < -0.4 is 10.7 Å². The Bertz CT molecular complexity index is 886. The number of carbonyl (C=O) groups is 1. The van der Waals surface area contributed by atoms with Crippen molar-refractivity contribution in [1.82, 2.24) is 0 Å². The van der Waals surface area contributed by atoms with Crippen molar-refractivity contribution < 1.29 is 13.6 Å². The molecule has 0 saturated carbocycles. The second-order valence-electron chi connectivity index (χ2n) is 4.44. The lowest BCUT2D eigenvalue weighted by Gasteiger charge is -2.05. The lowest BCUT2D eigenvalue weighted by molar-refractivity contribution is 0.0997. The molecule has 0 bridgehead atoms. The van der Waals surface area contributed by atoms with Gasteiger partial charge in [0.1, 0.15) is 11.4 Å². The lowest BCUT2D eigenvalue weighted by atomic mass is 10.2. The number of para-hydroxylation sites is 1. The van der Waals surface area contributed by atoms with Crippen LogP contribution in [0.2, 0.25) is 0 Å². The third-order valence-electron chi connectivity index (χ3n) is 2.94. The Labute approximate surface area is 118 Å². The molecule has 5 heteroatoms. The maximum atomic E-state index is 13.1. The molecule has 1 aromatic heterocycles. The van der Waals surface area contributed by atoms with Gasteiger partial charge < -0.3 is 9.73 Å². The first-order valence-corrected chi connectivity index (χ1v) is 6.23. The Kier molecular flexibility index (Phi) is 3.23. The molecule has 3 rings (SSSR count). The summed E-state index contributed by atoms with van der Waals surface area (Å²) >= 11 is 0. The number of benzene rings is 2. The van der Waals surface area contributed by atoms with Gasteiger partial charge in [0.15, 0.2) is 11.2 Å². The first-order valence-electron chi connectivity index (χ1n) is 6.23. The number of hydrogen-bond acceptors (Lipinski definition) is 3. The highest BCUT2D eigenvalue weighted by Crippen LogP contribution is 2.14. The number of hydrogen-bond donors (Lipinski definition) is 1. The van der Waals surface area contributed by atoms with Gasteiger partial charge >= 0.3 is 0 Å². The molecule has 4 nitrogen and oxygen atoms in total. The predicted molar refractivity (Wildman–Crippen MR) is 76.8 cm³/mol. The molecule has 2 aromatic carbocycles. The summed E-state index contributed by atoms with van der Waals surface area (Å²) in [5.74, 6) is -1.20. The molecular formula is C16H10FNO3. The number of nitrogens with one attached hydrogen (secondary N) is 1. The van der Waals surface area contributed by atoms with E-state index in [9.17, 15) is 14.0 Å². The molecule has 104 valence electrons. The van der Waals surface area contributed by atoms with E-state index in [0.717, 1.165) is 6.07 Å². The van der Waals surface area contributed by atoms with Crippen LogP contribution in [0, 0.1) is 5.82 Å². The number of halogens is 1. The summed E-state index contributed by atoms with van der Waals surface area (Å²) in [4.78, 5) is 24.0. The van der Waals surface area contributed by atoms with Gasteiger partial charge in [-0.05, 0) is 30.3 Å². The Balaban J connectivity index is 1.96. The van der Waals surface area contributed by atoms with Crippen LogP contribution in [0.1, 0.15) is 10.6 Å². The maximum absolute atomic E-state index is 13.1. The van der Waals surface area contributed by atoms with Gasteiger partial charge in [0, 0.05) is 11.8 Å². The van der Waals surface area contributed by atoms with Crippen molar-refractivity contribution in [3.05, 3.63) is 76.4 Å². The number of carbonyl (C=O) groups excluding carboxylic acids is 1. The fraction of sp³-hybridized carbons (Fsp3) is 0. The SMILES string of the molecule is O=C(Nc1cccc(F)c1)c1cc(=O)c2ccccc2o1. The Morgan fingerprint density at radius 2 is 1.86 bits per heavy atom. The average Bonchev–Trinajstić information content (AvgIpc) is 2.47. The zero-order valence-electron chi connectivity index (χ0n) is 10.8. The van der Waals surface area contributed by atoms with E-state index in [2.05, 4.69) is 5.32 Å². The normalized spacial score (nSPS) is 10.5. The molecule has 1 amide bonds. The smallest absolute Gasteiger partial charge is 0.291 e. The van der Waals surface area contributed by atoms with Crippen LogP contribution in [0.25, 0.3) is 11.0 Å². The summed E-state index contributed by atoms with van der Waals surface area (Å²) in [6, 6.07) is 13.2. The summed E-state index contributed by atoms with van der Waals surface area (Å²) in [6.45, 7) is 0. The Morgan fingerprint density at radius 1 is 1.05 bits per heavy atom. The number of amides is 1. The highest BCUT2D eigenvalue weighted by molar-refractivity contribution is 6.02. The van der Waals surface area contributed by atoms with E-state index in [-0.39, 0.29) is 16.9 Å². The zero-order chi connectivity index (χ0) is 14.8. The summed E-state index contributed by atoms with van der Waals surface area (Å²) in [5, 5.41) is 2.88. The van der Waals surface area contributed by atoms with Gasteiger partial charge in [0.05, 0.1) is 5.39 Å². The van der Waals surface area contributed by atoms with E-state index in [1.807, 2.05) is 0 Å².